The minimum Gasteiger partial charge on any atom is -0.356 e. The average molecular weight is 438 g/mol. The van der Waals surface area contributed by atoms with E-state index in [-0.39, 0.29) is 0 Å². The van der Waals surface area contributed by atoms with Crippen molar-refractivity contribution in [2.75, 3.05) is 31.1 Å². The molecule has 3 fully saturated rings. The van der Waals surface area contributed by atoms with Gasteiger partial charge in [0.15, 0.2) is 0 Å². The molecule has 0 N–H and O–H groups in total. The molecule has 1 aliphatic carbocycles. The second kappa shape index (κ2) is 7.81. The van der Waals surface area contributed by atoms with Crippen LogP contribution >= 0.6 is 11.3 Å². The highest BCUT2D eigenvalue weighted by Gasteiger charge is 2.32. The van der Waals surface area contributed by atoms with Crippen LogP contribution in [0.4, 0.5) is 5.82 Å². The molecule has 31 heavy (non-hydrogen) atoms. The fourth-order valence-electron chi connectivity index (χ4n) is 5.24. The van der Waals surface area contributed by atoms with E-state index in [1.165, 1.54) is 60.4 Å². The van der Waals surface area contributed by atoms with Gasteiger partial charge in [-0.05, 0) is 71.0 Å². The van der Waals surface area contributed by atoms with Crippen LogP contribution in [0.2, 0.25) is 0 Å². The maximum Gasteiger partial charge on any atom is 0.146 e. The van der Waals surface area contributed by atoms with Crippen molar-refractivity contribution >= 4 is 27.4 Å². The molecule has 3 aromatic rings. The molecule has 7 nitrogen and oxygen atoms in total. The summed E-state index contributed by atoms with van der Waals surface area (Å²) >= 11 is 1.82. The third kappa shape index (κ3) is 3.63. The number of thiophene rings is 1. The van der Waals surface area contributed by atoms with E-state index in [4.69, 9.17) is 9.97 Å². The number of piperidine rings is 1. The zero-order chi connectivity index (χ0) is 20.9. The summed E-state index contributed by atoms with van der Waals surface area (Å²) in [5.74, 6) is 3.85. The number of hydrogen-bond donors (Lipinski definition) is 0. The Morgan fingerprint density at radius 3 is 2.52 bits per heavy atom. The van der Waals surface area contributed by atoms with E-state index < -0.39 is 0 Å². The van der Waals surface area contributed by atoms with Gasteiger partial charge in [-0.15, -0.1) is 21.5 Å². The summed E-state index contributed by atoms with van der Waals surface area (Å²) in [7, 11) is 0. The number of hydrogen-bond acceptors (Lipinski definition) is 7. The van der Waals surface area contributed by atoms with Crippen LogP contribution in [0.3, 0.4) is 0 Å². The first kappa shape index (κ1) is 19.6. The lowest BCUT2D eigenvalue weighted by Crippen LogP contribution is -2.35. The van der Waals surface area contributed by atoms with Gasteiger partial charge >= 0.3 is 0 Å². The predicted molar refractivity (Wildman–Crippen MR) is 124 cm³/mol. The van der Waals surface area contributed by atoms with Crippen LogP contribution in [0.1, 0.15) is 72.6 Å². The van der Waals surface area contributed by atoms with E-state index in [2.05, 4.69) is 38.4 Å². The third-order valence-electron chi connectivity index (χ3n) is 7.32. The van der Waals surface area contributed by atoms with Gasteiger partial charge in [0.25, 0.3) is 0 Å². The summed E-state index contributed by atoms with van der Waals surface area (Å²) in [6, 6.07) is 0.647. The van der Waals surface area contributed by atoms with E-state index in [1.54, 1.807) is 0 Å². The lowest BCUT2D eigenvalue weighted by molar-refractivity contribution is 0.323. The molecule has 3 aliphatic rings. The SMILES string of the molecule is Cc1sc2nc(CN3CCCC3)nc(N3CCC(c4nncn4C4CC4)CC3)c2c1C. The highest BCUT2D eigenvalue weighted by Crippen LogP contribution is 2.40. The first-order chi connectivity index (χ1) is 15.2. The summed E-state index contributed by atoms with van der Waals surface area (Å²) in [6.07, 6.45) is 9.31. The van der Waals surface area contributed by atoms with Crippen molar-refractivity contribution in [3.8, 4) is 0 Å². The Morgan fingerprint density at radius 2 is 1.77 bits per heavy atom. The monoisotopic (exact) mass is 437 g/mol. The Hall–Kier alpha value is -2.06. The number of rotatable bonds is 5. The largest absolute Gasteiger partial charge is 0.356 e. The van der Waals surface area contributed by atoms with E-state index in [1.807, 2.05) is 17.7 Å². The van der Waals surface area contributed by atoms with Crippen molar-refractivity contribution in [2.24, 2.45) is 0 Å². The molecular weight excluding hydrogens is 406 g/mol. The maximum absolute atomic E-state index is 5.15. The van der Waals surface area contributed by atoms with Gasteiger partial charge in [-0.3, -0.25) is 4.90 Å². The predicted octanol–water partition coefficient (Wildman–Crippen LogP) is 4.21. The van der Waals surface area contributed by atoms with Gasteiger partial charge in [0.2, 0.25) is 0 Å². The summed E-state index contributed by atoms with van der Waals surface area (Å²) in [5, 5.41) is 10.0. The molecule has 0 spiro atoms. The number of aryl methyl sites for hydroxylation is 2. The standard InChI is InChI=1S/C23H31N7S/c1-15-16(2)31-23-20(15)22(25-19(26-23)13-28-9-3-4-10-28)29-11-7-17(8-12-29)21-27-24-14-30(21)18-5-6-18/h14,17-18H,3-13H2,1-2H3. The second-order valence-corrected chi connectivity index (χ2v) is 10.7. The number of anilines is 1. The van der Waals surface area contributed by atoms with Crippen LogP contribution in [-0.4, -0.2) is 55.8 Å². The van der Waals surface area contributed by atoms with E-state index in [0.717, 1.165) is 48.9 Å². The zero-order valence-electron chi connectivity index (χ0n) is 18.5. The number of aromatic nitrogens is 5. The van der Waals surface area contributed by atoms with Crippen LogP contribution in [0.5, 0.6) is 0 Å². The molecule has 2 aliphatic heterocycles. The Balaban J connectivity index is 1.27. The normalized spacial score (nSPS) is 20.9. The highest BCUT2D eigenvalue weighted by atomic mass is 32.1. The minimum absolute atomic E-state index is 0.506. The highest BCUT2D eigenvalue weighted by molar-refractivity contribution is 7.18. The van der Waals surface area contributed by atoms with Gasteiger partial charge in [0, 0.05) is 29.9 Å². The molecule has 0 amide bonds. The molecular formula is C23H31N7S. The Morgan fingerprint density at radius 1 is 1.00 bits per heavy atom. The van der Waals surface area contributed by atoms with Crippen molar-refractivity contribution in [1.29, 1.82) is 0 Å². The van der Waals surface area contributed by atoms with Gasteiger partial charge < -0.3 is 9.47 Å². The summed E-state index contributed by atoms with van der Waals surface area (Å²) in [4.78, 5) is 17.7. The van der Waals surface area contributed by atoms with Crippen molar-refractivity contribution in [3.05, 3.63) is 28.4 Å². The number of likely N-dealkylation sites (tertiary alicyclic amines) is 1. The topological polar surface area (TPSA) is 63.0 Å². The fraction of sp³-hybridized carbons (Fsp3) is 0.652. The van der Waals surface area contributed by atoms with Gasteiger partial charge in [-0.2, -0.15) is 0 Å². The molecule has 2 saturated heterocycles. The van der Waals surface area contributed by atoms with Gasteiger partial charge in [-0.25, -0.2) is 9.97 Å². The van der Waals surface area contributed by atoms with Crippen LogP contribution < -0.4 is 4.90 Å². The van der Waals surface area contributed by atoms with E-state index in [0.29, 0.717) is 12.0 Å². The van der Waals surface area contributed by atoms with Crippen molar-refractivity contribution in [1.82, 2.24) is 29.6 Å². The van der Waals surface area contributed by atoms with Gasteiger partial charge in [0.1, 0.15) is 28.6 Å². The zero-order valence-corrected chi connectivity index (χ0v) is 19.4. The first-order valence-electron chi connectivity index (χ1n) is 11.8. The van der Waals surface area contributed by atoms with E-state index in [9.17, 15) is 0 Å². The van der Waals surface area contributed by atoms with Crippen LogP contribution in [-0.2, 0) is 6.54 Å². The maximum atomic E-state index is 5.15. The molecule has 5 heterocycles. The van der Waals surface area contributed by atoms with Crippen molar-refractivity contribution < 1.29 is 0 Å². The Labute approximate surface area is 187 Å². The summed E-state index contributed by atoms with van der Waals surface area (Å²) < 4.78 is 2.34. The van der Waals surface area contributed by atoms with Gasteiger partial charge in [0.05, 0.1) is 11.9 Å². The molecule has 0 atom stereocenters. The minimum atomic E-state index is 0.506. The van der Waals surface area contributed by atoms with E-state index >= 15 is 0 Å². The molecule has 3 aromatic heterocycles. The van der Waals surface area contributed by atoms with Crippen LogP contribution in [0.15, 0.2) is 6.33 Å². The average Bonchev–Trinajstić information content (AvgIpc) is 3.16. The molecule has 1 saturated carbocycles. The second-order valence-electron chi connectivity index (χ2n) is 9.50. The lowest BCUT2D eigenvalue weighted by Gasteiger charge is -2.33. The number of nitrogens with zero attached hydrogens (tertiary/aromatic N) is 7. The third-order valence-corrected chi connectivity index (χ3v) is 8.42. The lowest BCUT2D eigenvalue weighted by atomic mass is 9.95. The van der Waals surface area contributed by atoms with Crippen molar-refractivity contribution in [3.63, 3.8) is 0 Å². The quantitative estimate of drug-likeness (QED) is 0.596. The van der Waals surface area contributed by atoms with Crippen LogP contribution in [0.25, 0.3) is 10.2 Å². The summed E-state index contributed by atoms with van der Waals surface area (Å²) in [6.45, 7) is 9.70. The Bertz CT molecular complexity index is 1080. The molecule has 0 radical (unpaired) electrons. The van der Waals surface area contributed by atoms with Gasteiger partial charge in [-0.1, -0.05) is 0 Å². The van der Waals surface area contributed by atoms with Crippen molar-refractivity contribution in [2.45, 2.75) is 70.9 Å². The molecule has 6 rings (SSSR count). The fourth-order valence-corrected chi connectivity index (χ4v) is 6.28. The molecule has 0 unspecified atom stereocenters. The first-order valence-corrected chi connectivity index (χ1v) is 12.6. The van der Waals surface area contributed by atoms with Crippen LogP contribution in [0, 0.1) is 13.8 Å². The molecule has 0 bridgehead atoms. The molecule has 8 heteroatoms. The smallest absolute Gasteiger partial charge is 0.146 e. The summed E-state index contributed by atoms with van der Waals surface area (Å²) in [5.41, 5.74) is 1.35. The Kier molecular flexibility index (Phi) is 4.94. The molecule has 164 valence electrons. The molecule has 0 aromatic carbocycles. The number of fused-ring (bicyclic) bond motifs is 1.